The molecule has 2 aromatic carbocycles. The van der Waals surface area contributed by atoms with Crippen molar-refractivity contribution in [3.05, 3.63) is 68.7 Å². The molecule has 1 amide bonds. The molecule has 1 atom stereocenters. The number of hydrogen-bond acceptors (Lipinski definition) is 2. The van der Waals surface area contributed by atoms with E-state index in [4.69, 9.17) is 23.2 Å². The van der Waals surface area contributed by atoms with Gasteiger partial charge in [0.1, 0.15) is 0 Å². The standard InChI is InChI=1S/C20H23Cl2NOS/c1-4-19(15-6-5-13(2)14(3)9-15)23-20(24)12-25-11-16-7-8-17(21)10-18(16)22/h5-10,19H,4,11-12H2,1-3H3,(H,23,24)/t19-/m0/s1. The van der Waals surface area contributed by atoms with Crippen LogP contribution in [0, 0.1) is 13.8 Å². The first-order valence-electron chi connectivity index (χ1n) is 8.29. The van der Waals surface area contributed by atoms with Gasteiger partial charge >= 0.3 is 0 Å². The highest BCUT2D eigenvalue weighted by Crippen LogP contribution is 2.25. The molecule has 134 valence electrons. The lowest BCUT2D eigenvalue weighted by Crippen LogP contribution is -2.29. The summed E-state index contributed by atoms with van der Waals surface area (Å²) in [5.41, 5.74) is 4.66. The quantitative estimate of drug-likeness (QED) is 0.612. The van der Waals surface area contributed by atoms with Gasteiger partial charge in [-0.3, -0.25) is 4.79 Å². The molecular weight excluding hydrogens is 373 g/mol. The molecule has 0 radical (unpaired) electrons. The number of aryl methyl sites for hydroxylation is 2. The smallest absolute Gasteiger partial charge is 0.230 e. The average molecular weight is 396 g/mol. The van der Waals surface area contributed by atoms with Crippen molar-refractivity contribution in [2.24, 2.45) is 0 Å². The number of halogens is 2. The van der Waals surface area contributed by atoms with Crippen molar-refractivity contribution in [3.63, 3.8) is 0 Å². The van der Waals surface area contributed by atoms with Crippen LogP contribution in [0.25, 0.3) is 0 Å². The van der Waals surface area contributed by atoms with E-state index in [1.807, 2.05) is 12.1 Å². The van der Waals surface area contributed by atoms with Gasteiger partial charge in [0, 0.05) is 15.8 Å². The third kappa shape index (κ3) is 5.95. The molecule has 0 aliphatic rings. The van der Waals surface area contributed by atoms with E-state index < -0.39 is 0 Å². The fourth-order valence-corrected chi connectivity index (χ4v) is 3.93. The molecule has 2 rings (SSSR count). The minimum atomic E-state index is 0.0418. The Balaban J connectivity index is 1.88. The van der Waals surface area contributed by atoms with Crippen LogP contribution in [0.2, 0.25) is 10.0 Å². The van der Waals surface area contributed by atoms with Gasteiger partial charge in [0.05, 0.1) is 11.8 Å². The summed E-state index contributed by atoms with van der Waals surface area (Å²) in [5.74, 6) is 1.13. The van der Waals surface area contributed by atoms with E-state index >= 15 is 0 Å². The third-order valence-corrected chi connectivity index (χ3v) is 5.75. The lowest BCUT2D eigenvalue weighted by atomic mass is 9.99. The molecule has 0 heterocycles. The fourth-order valence-electron chi connectivity index (χ4n) is 2.53. The predicted molar refractivity (Wildman–Crippen MR) is 110 cm³/mol. The van der Waals surface area contributed by atoms with Crippen LogP contribution in [0.1, 0.15) is 41.6 Å². The number of carbonyl (C=O) groups excluding carboxylic acids is 1. The van der Waals surface area contributed by atoms with Gasteiger partial charge in [-0.2, -0.15) is 0 Å². The van der Waals surface area contributed by atoms with Gasteiger partial charge in [0.15, 0.2) is 0 Å². The second kappa shape index (κ2) is 9.51. The molecule has 0 saturated carbocycles. The highest BCUT2D eigenvalue weighted by Gasteiger charge is 2.13. The molecule has 2 aromatic rings. The summed E-state index contributed by atoms with van der Waals surface area (Å²) >= 11 is 13.6. The molecule has 0 aliphatic carbocycles. The zero-order valence-electron chi connectivity index (χ0n) is 14.7. The molecular formula is C20H23Cl2NOS. The maximum Gasteiger partial charge on any atom is 0.230 e. The van der Waals surface area contributed by atoms with E-state index in [-0.39, 0.29) is 11.9 Å². The topological polar surface area (TPSA) is 29.1 Å². The molecule has 1 N–H and O–H groups in total. The molecule has 0 saturated heterocycles. The lowest BCUT2D eigenvalue weighted by molar-refractivity contribution is -0.119. The Bertz CT molecular complexity index is 748. The molecule has 2 nitrogen and oxygen atoms in total. The monoisotopic (exact) mass is 395 g/mol. The molecule has 0 bridgehead atoms. The number of amides is 1. The molecule has 0 unspecified atom stereocenters. The molecule has 0 fully saturated rings. The van der Waals surface area contributed by atoms with Crippen LogP contribution in [0.15, 0.2) is 36.4 Å². The van der Waals surface area contributed by atoms with Crippen LogP contribution in [-0.4, -0.2) is 11.7 Å². The summed E-state index contributed by atoms with van der Waals surface area (Å²) in [7, 11) is 0. The van der Waals surface area contributed by atoms with Crippen molar-refractivity contribution in [1.29, 1.82) is 0 Å². The van der Waals surface area contributed by atoms with Gasteiger partial charge in [-0.15, -0.1) is 11.8 Å². The van der Waals surface area contributed by atoms with Crippen molar-refractivity contribution in [3.8, 4) is 0 Å². The first-order valence-corrected chi connectivity index (χ1v) is 10.2. The molecule has 5 heteroatoms. The molecule has 0 spiro atoms. The Morgan fingerprint density at radius 1 is 1.12 bits per heavy atom. The first-order chi connectivity index (χ1) is 11.9. The van der Waals surface area contributed by atoms with Gasteiger partial charge in [0.25, 0.3) is 0 Å². The first kappa shape index (κ1) is 20.2. The number of rotatable bonds is 7. The largest absolute Gasteiger partial charge is 0.349 e. The average Bonchev–Trinajstić information content (AvgIpc) is 2.57. The Morgan fingerprint density at radius 3 is 2.52 bits per heavy atom. The Morgan fingerprint density at radius 2 is 1.88 bits per heavy atom. The normalized spacial score (nSPS) is 12.0. The van der Waals surface area contributed by atoms with Gasteiger partial charge in [-0.1, -0.05) is 54.4 Å². The second-order valence-corrected chi connectivity index (χ2v) is 7.93. The summed E-state index contributed by atoms with van der Waals surface area (Å²) in [4.78, 5) is 12.3. The molecule has 0 aromatic heterocycles. The Kier molecular flexibility index (Phi) is 7.67. The minimum Gasteiger partial charge on any atom is -0.349 e. The van der Waals surface area contributed by atoms with Crippen molar-refractivity contribution < 1.29 is 4.79 Å². The maximum absolute atomic E-state index is 12.3. The minimum absolute atomic E-state index is 0.0418. The van der Waals surface area contributed by atoms with Gasteiger partial charge in [-0.25, -0.2) is 0 Å². The van der Waals surface area contributed by atoms with Crippen LogP contribution in [0.5, 0.6) is 0 Å². The second-order valence-electron chi connectivity index (χ2n) is 6.10. The van der Waals surface area contributed by atoms with Crippen molar-refractivity contribution in [2.45, 2.75) is 39.0 Å². The van der Waals surface area contributed by atoms with Crippen molar-refractivity contribution >= 4 is 40.9 Å². The van der Waals surface area contributed by atoms with E-state index in [0.29, 0.717) is 21.6 Å². The van der Waals surface area contributed by atoms with Crippen LogP contribution in [0.3, 0.4) is 0 Å². The number of nitrogens with one attached hydrogen (secondary N) is 1. The Labute approximate surface area is 164 Å². The van der Waals surface area contributed by atoms with Crippen LogP contribution in [-0.2, 0) is 10.5 Å². The summed E-state index contributed by atoms with van der Waals surface area (Å²) in [6.45, 7) is 6.27. The van der Waals surface area contributed by atoms with E-state index in [1.165, 1.54) is 11.1 Å². The van der Waals surface area contributed by atoms with Gasteiger partial charge in [0.2, 0.25) is 5.91 Å². The molecule has 25 heavy (non-hydrogen) atoms. The fraction of sp³-hybridized carbons (Fsp3) is 0.350. The SMILES string of the molecule is CC[C@H](NC(=O)CSCc1ccc(Cl)cc1Cl)c1ccc(C)c(C)c1. The summed E-state index contributed by atoms with van der Waals surface area (Å²) in [6, 6.07) is 11.9. The van der Waals surface area contributed by atoms with Crippen LogP contribution < -0.4 is 5.32 Å². The van der Waals surface area contributed by atoms with Crippen LogP contribution >= 0.6 is 35.0 Å². The van der Waals surface area contributed by atoms with Crippen molar-refractivity contribution in [1.82, 2.24) is 5.32 Å². The summed E-state index contributed by atoms with van der Waals surface area (Å²) < 4.78 is 0. The van der Waals surface area contributed by atoms with Crippen LogP contribution in [0.4, 0.5) is 0 Å². The lowest BCUT2D eigenvalue weighted by Gasteiger charge is -2.18. The van der Waals surface area contributed by atoms with E-state index in [0.717, 1.165) is 17.5 Å². The Hall–Kier alpha value is -1.16. The van der Waals surface area contributed by atoms with E-state index in [1.54, 1.807) is 17.8 Å². The predicted octanol–water partition coefficient (Wildman–Crippen LogP) is 6.11. The number of carbonyl (C=O) groups is 1. The van der Waals surface area contributed by atoms with Gasteiger partial charge < -0.3 is 5.32 Å². The van der Waals surface area contributed by atoms with E-state index in [9.17, 15) is 4.79 Å². The zero-order chi connectivity index (χ0) is 18.4. The summed E-state index contributed by atoms with van der Waals surface area (Å²) in [5, 5.41) is 4.39. The number of hydrogen-bond donors (Lipinski definition) is 1. The number of thioether (sulfide) groups is 1. The zero-order valence-corrected chi connectivity index (χ0v) is 17.1. The third-order valence-electron chi connectivity index (χ3n) is 4.18. The highest BCUT2D eigenvalue weighted by molar-refractivity contribution is 7.99. The van der Waals surface area contributed by atoms with Gasteiger partial charge in [-0.05, 0) is 54.7 Å². The highest BCUT2D eigenvalue weighted by atomic mass is 35.5. The molecule has 0 aliphatic heterocycles. The summed E-state index contributed by atoms with van der Waals surface area (Å²) in [6.07, 6.45) is 0.863. The van der Waals surface area contributed by atoms with E-state index in [2.05, 4.69) is 44.3 Å². The number of benzene rings is 2. The maximum atomic E-state index is 12.3. The van der Waals surface area contributed by atoms with Crippen molar-refractivity contribution in [2.75, 3.05) is 5.75 Å².